The van der Waals surface area contributed by atoms with E-state index >= 15 is 0 Å². The largest absolute Gasteiger partial charge is 0.490 e. The van der Waals surface area contributed by atoms with E-state index in [-0.39, 0.29) is 6.61 Å². The van der Waals surface area contributed by atoms with Crippen molar-refractivity contribution >= 4 is 23.5 Å². The van der Waals surface area contributed by atoms with E-state index in [0.717, 1.165) is 43.1 Å². The number of halogens is 7. The smallest absolute Gasteiger partial charge is 0.490 e. The molecule has 5 N–H and O–H groups in total. The molecule has 1 saturated heterocycles. The van der Waals surface area contributed by atoms with Crippen LogP contribution in [-0.4, -0.2) is 104 Å². The molecular weight excluding hydrogens is 642 g/mol. The first-order valence-electron chi connectivity index (χ1n) is 13.0. The summed E-state index contributed by atoms with van der Waals surface area (Å²) >= 11 is 5.96. The van der Waals surface area contributed by atoms with Crippen LogP contribution in [0.1, 0.15) is 18.4 Å². The monoisotopic (exact) mass is 670 g/mol. The van der Waals surface area contributed by atoms with Crippen molar-refractivity contribution in [2.75, 3.05) is 26.2 Å². The average Bonchev–Trinajstić information content (AvgIpc) is 3.52. The van der Waals surface area contributed by atoms with E-state index in [9.17, 15) is 31.4 Å². The summed E-state index contributed by atoms with van der Waals surface area (Å²) in [5.41, 5.74) is 2.02. The maximum absolute atomic E-state index is 10.6. The molecule has 248 valence electrons. The predicted octanol–water partition coefficient (Wildman–Crippen LogP) is 3.78. The Morgan fingerprint density at radius 1 is 1.00 bits per heavy atom. The number of aliphatic carboxylic acids is 2. The van der Waals surface area contributed by atoms with Crippen LogP contribution in [0.2, 0.25) is 5.02 Å². The molecule has 12 nitrogen and oxygen atoms in total. The van der Waals surface area contributed by atoms with Crippen molar-refractivity contribution in [3.8, 4) is 17.1 Å². The van der Waals surface area contributed by atoms with Gasteiger partial charge in [0.05, 0.1) is 5.56 Å². The van der Waals surface area contributed by atoms with Crippen LogP contribution in [0.25, 0.3) is 11.4 Å². The Morgan fingerprint density at radius 3 is 2.07 bits per heavy atom. The number of hydrogen-bond acceptors (Lipinski definition) is 9. The molecule has 1 atom stereocenters. The van der Waals surface area contributed by atoms with Gasteiger partial charge in [0.2, 0.25) is 5.82 Å². The maximum Gasteiger partial charge on any atom is 0.490 e. The molecule has 0 amide bonds. The third kappa shape index (κ3) is 14.1. The normalized spacial score (nSPS) is 14.8. The molecule has 0 radical (unpaired) electrons. The lowest BCUT2D eigenvalue weighted by Crippen LogP contribution is -2.45. The second-order valence-corrected chi connectivity index (χ2v) is 9.82. The van der Waals surface area contributed by atoms with E-state index in [4.69, 9.17) is 36.1 Å². The highest BCUT2D eigenvalue weighted by Crippen LogP contribution is 2.26. The van der Waals surface area contributed by atoms with Gasteiger partial charge in [0.25, 0.3) is 0 Å². The molecule has 19 heteroatoms. The minimum absolute atomic E-state index is 0.192. The van der Waals surface area contributed by atoms with Gasteiger partial charge >= 0.3 is 24.3 Å². The molecule has 0 aliphatic carbocycles. The number of rotatable bonds is 9. The lowest BCUT2D eigenvalue weighted by atomic mass is 10.0. The van der Waals surface area contributed by atoms with Gasteiger partial charge in [-0.05, 0) is 61.0 Å². The van der Waals surface area contributed by atoms with E-state index in [1.165, 1.54) is 5.56 Å². The Kier molecular flexibility index (Phi) is 14.4. The molecule has 1 aliphatic rings. The lowest BCUT2D eigenvalue weighted by molar-refractivity contribution is -0.193. The van der Waals surface area contributed by atoms with Gasteiger partial charge < -0.3 is 25.4 Å². The van der Waals surface area contributed by atoms with Crippen molar-refractivity contribution in [1.29, 1.82) is 0 Å². The van der Waals surface area contributed by atoms with E-state index < -0.39 is 30.4 Å². The number of nitrogens with one attached hydrogen (secondary N) is 2. The summed E-state index contributed by atoms with van der Waals surface area (Å²) in [5, 5.41) is 42.9. The first-order chi connectivity index (χ1) is 21.1. The van der Waals surface area contributed by atoms with Gasteiger partial charge in [-0.3, -0.25) is 4.90 Å². The number of aliphatic hydroxyl groups excluding tert-OH is 1. The zero-order valence-corrected chi connectivity index (χ0v) is 24.0. The van der Waals surface area contributed by atoms with Crippen molar-refractivity contribution in [3.63, 3.8) is 0 Å². The SMILES string of the molecule is O=C(O)C(F)(F)F.O=C(O)C(F)(F)F.O[C@@H](CNC1CCN(Cc2ccc(Cl)cc2)CC1)COc1ccccc1-c1nn[nH]n1. The van der Waals surface area contributed by atoms with Crippen molar-refractivity contribution in [2.45, 2.75) is 43.9 Å². The topological polar surface area (TPSA) is 174 Å². The summed E-state index contributed by atoms with van der Waals surface area (Å²) in [4.78, 5) is 20.2. The van der Waals surface area contributed by atoms with Gasteiger partial charge in [0, 0.05) is 24.2 Å². The Bertz CT molecular complexity index is 1300. The Balaban J connectivity index is 0.000000421. The third-order valence-electron chi connectivity index (χ3n) is 5.94. The molecule has 1 aliphatic heterocycles. The zero-order chi connectivity index (χ0) is 33.6. The van der Waals surface area contributed by atoms with E-state index in [1.54, 1.807) is 0 Å². The predicted molar refractivity (Wildman–Crippen MR) is 146 cm³/mol. The summed E-state index contributed by atoms with van der Waals surface area (Å²) in [6.45, 7) is 3.69. The fourth-order valence-electron chi connectivity index (χ4n) is 3.74. The minimum atomic E-state index is -5.08. The van der Waals surface area contributed by atoms with Gasteiger partial charge in [0.15, 0.2) is 0 Å². The number of likely N-dealkylation sites (tertiary alicyclic amines) is 1. The fourth-order valence-corrected chi connectivity index (χ4v) is 3.87. The van der Waals surface area contributed by atoms with Gasteiger partial charge in [-0.2, -0.15) is 31.6 Å². The Morgan fingerprint density at radius 2 is 1.56 bits per heavy atom. The van der Waals surface area contributed by atoms with Crippen LogP contribution in [0.4, 0.5) is 26.3 Å². The van der Waals surface area contributed by atoms with Gasteiger partial charge in [-0.1, -0.05) is 35.9 Å². The number of carbonyl (C=O) groups is 2. The highest BCUT2D eigenvalue weighted by atomic mass is 35.5. The number of aromatic nitrogens is 4. The summed E-state index contributed by atoms with van der Waals surface area (Å²) in [6, 6.07) is 15.9. The third-order valence-corrected chi connectivity index (χ3v) is 6.19. The molecule has 1 fully saturated rings. The summed E-state index contributed by atoms with van der Waals surface area (Å²) in [7, 11) is 0. The molecule has 0 spiro atoms. The molecule has 0 unspecified atom stereocenters. The summed E-state index contributed by atoms with van der Waals surface area (Å²) < 4.78 is 69.3. The standard InChI is InChI=1S/C22H27ClN6O2.2C2HF3O2/c23-17-7-5-16(6-8-17)14-29-11-9-18(10-12-29)24-13-19(30)15-31-21-4-2-1-3-20(21)22-25-27-28-26-22;2*3-2(4,5)1(6)7/h1-8,18-19,24,30H,9-15H2,(H,25,26,27,28);2*(H,6,7)/t19-;;/m0../s1. The number of benzene rings is 2. The fraction of sp³-hybridized carbons (Fsp3) is 0.423. The van der Waals surface area contributed by atoms with E-state index in [0.29, 0.717) is 24.2 Å². The molecule has 0 saturated carbocycles. The number of piperidine rings is 1. The number of tetrazole rings is 1. The van der Waals surface area contributed by atoms with E-state index in [1.807, 2.05) is 36.4 Å². The molecule has 4 rings (SSSR count). The number of alkyl halides is 6. The number of ether oxygens (including phenoxy) is 1. The zero-order valence-electron chi connectivity index (χ0n) is 23.2. The molecule has 2 heterocycles. The van der Waals surface area contributed by atoms with E-state index in [2.05, 4.69) is 43.0 Å². The van der Waals surface area contributed by atoms with Crippen molar-refractivity contribution < 1.29 is 56.0 Å². The number of para-hydroxylation sites is 1. The second-order valence-electron chi connectivity index (χ2n) is 9.39. The molecule has 2 aromatic carbocycles. The highest BCUT2D eigenvalue weighted by Gasteiger charge is 2.38. The van der Waals surface area contributed by atoms with Crippen LogP contribution >= 0.6 is 11.6 Å². The second kappa shape index (κ2) is 17.5. The number of carboxylic acids is 2. The van der Waals surface area contributed by atoms with Crippen LogP contribution in [0.5, 0.6) is 5.75 Å². The van der Waals surface area contributed by atoms with Crippen LogP contribution in [-0.2, 0) is 16.1 Å². The quantitative estimate of drug-likeness (QED) is 0.210. The van der Waals surface area contributed by atoms with Crippen molar-refractivity contribution in [2.24, 2.45) is 0 Å². The maximum atomic E-state index is 10.6. The van der Waals surface area contributed by atoms with Crippen molar-refractivity contribution in [1.82, 2.24) is 30.8 Å². The molecule has 3 aromatic rings. The molecule has 1 aromatic heterocycles. The van der Waals surface area contributed by atoms with Gasteiger partial charge in [-0.15, -0.1) is 10.2 Å². The molecule has 0 bridgehead atoms. The Hall–Kier alpha value is -4.00. The van der Waals surface area contributed by atoms with Crippen LogP contribution in [0.15, 0.2) is 48.5 Å². The summed E-state index contributed by atoms with van der Waals surface area (Å²) in [5.74, 6) is -4.42. The lowest BCUT2D eigenvalue weighted by Gasteiger charge is -2.33. The Labute approximate surface area is 256 Å². The number of H-pyrrole nitrogens is 1. The number of hydrogen-bond donors (Lipinski definition) is 5. The van der Waals surface area contributed by atoms with Crippen LogP contribution in [0.3, 0.4) is 0 Å². The highest BCUT2D eigenvalue weighted by molar-refractivity contribution is 6.30. The number of nitrogens with zero attached hydrogens (tertiary/aromatic N) is 4. The van der Waals surface area contributed by atoms with Crippen LogP contribution in [0, 0.1) is 0 Å². The summed E-state index contributed by atoms with van der Waals surface area (Å²) in [6.07, 6.45) is -8.66. The molecule has 45 heavy (non-hydrogen) atoms. The van der Waals surface area contributed by atoms with Gasteiger partial charge in [0.1, 0.15) is 18.5 Å². The van der Waals surface area contributed by atoms with Crippen molar-refractivity contribution in [3.05, 3.63) is 59.1 Å². The number of aliphatic hydroxyl groups is 1. The number of carboxylic acid groups (broad SMARTS) is 2. The average molecular weight is 671 g/mol. The first kappa shape index (κ1) is 37.2. The number of aromatic amines is 1. The first-order valence-corrected chi connectivity index (χ1v) is 13.4. The van der Waals surface area contributed by atoms with Crippen LogP contribution < -0.4 is 10.1 Å². The minimum Gasteiger partial charge on any atom is -0.490 e. The van der Waals surface area contributed by atoms with Gasteiger partial charge in [-0.25, -0.2) is 9.59 Å². The molecular formula is C26H29ClF6N6O6.